The summed E-state index contributed by atoms with van der Waals surface area (Å²) in [6.07, 6.45) is -2.34. The number of hydrogen-bond donors (Lipinski definition) is 2. The van der Waals surface area contributed by atoms with Crippen molar-refractivity contribution >= 4 is 5.84 Å². The summed E-state index contributed by atoms with van der Waals surface area (Å²) in [6.45, 7) is 0. The number of hydrogen-bond acceptors (Lipinski definition) is 4. The highest BCUT2D eigenvalue weighted by molar-refractivity contribution is 5.96. The van der Waals surface area contributed by atoms with Crippen LogP contribution in [0.15, 0.2) is 29.7 Å². The lowest BCUT2D eigenvalue weighted by molar-refractivity contribution is -0.140. The number of nitrogens with zero attached hydrogens (tertiary/aromatic N) is 4. The molecule has 6 nitrogen and oxygen atoms in total. The fraction of sp³-hybridized carbons (Fsp3) is 0.182. The zero-order chi connectivity index (χ0) is 14.9. The number of pyridine rings is 1. The Bertz CT molecular complexity index is 645. The number of imidazole rings is 1. The van der Waals surface area contributed by atoms with Gasteiger partial charge in [0.05, 0.1) is 0 Å². The van der Waals surface area contributed by atoms with Crippen LogP contribution < -0.4 is 5.73 Å². The van der Waals surface area contributed by atoms with Crippen LogP contribution in [0.3, 0.4) is 0 Å². The number of amidine groups is 1. The lowest BCUT2D eigenvalue weighted by Gasteiger charge is -2.02. The van der Waals surface area contributed by atoms with Crippen molar-refractivity contribution in [3.05, 3.63) is 35.8 Å². The largest absolute Gasteiger partial charge is 0.434 e. The average molecular weight is 285 g/mol. The predicted octanol–water partition coefficient (Wildman–Crippen LogP) is 1.60. The molecule has 9 heteroatoms. The molecular weight excluding hydrogens is 275 g/mol. The fourth-order valence-corrected chi connectivity index (χ4v) is 1.58. The molecule has 20 heavy (non-hydrogen) atoms. The minimum atomic E-state index is -4.51. The zero-order valence-electron chi connectivity index (χ0n) is 10.3. The van der Waals surface area contributed by atoms with Crippen LogP contribution in [-0.2, 0) is 13.2 Å². The molecule has 0 aromatic carbocycles. The third-order valence-corrected chi connectivity index (χ3v) is 2.56. The average Bonchev–Trinajstić information content (AvgIpc) is 2.80. The maximum atomic E-state index is 12.6. The molecule has 3 N–H and O–H groups in total. The molecule has 0 spiro atoms. The van der Waals surface area contributed by atoms with Crippen molar-refractivity contribution < 1.29 is 18.4 Å². The highest BCUT2D eigenvalue weighted by Gasteiger charge is 2.34. The molecule has 0 unspecified atom stereocenters. The van der Waals surface area contributed by atoms with Gasteiger partial charge in [-0.3, -0.25) is 4.98 Å². The van der Waals surface area contributed by atoms with Gasteiger partial charge in [0.2, 0.25) is 0 Å². The summed E-state index contributed by atoms with van der Waals surface area (Å²) in [7, 11) is 1.44. The maximum absolute atomic E-state index is 12.6. The van der Waals surface area contributed by atoms with Crippen LogP contribution in [0, 0.1) is 0 Å². The first-order valence-corrected chi connectivity index (χ1v) is 5.38. The van der Waals surface area contributed by atoms with E-state index in [0.717, 1.165) is 6.20 Å². The Labute approximate surface area is 111 Å². The van der Waals surface area contributed by atoms with Gasteiger partial charge in [0.15, 0.2) is 17.4 Å². The quantitative estimate of drug-likeness (QED) is 0.379. The minimum Gasteiger partial charge on any atom is -0.409 e. The number of halogens is 3. The second-order valence-electron chi connectivity index (χ2n) is 3.98. The van der Waals surface area contributed by atoms with Gasteiger partial charge in [0.25, 0.3) is 0 Å². The van der Waals surface area contributed by atoms with Crippen molar-refractivity contribution in [3.63, 3.8) is 0 Å². The van der Waals surface area contributed by atoms with Crippen molar-refractivity contribution in [2.45, 2.75) is 6.18 Å². The molecular formula is C11H10F3N5O. The summed E-state index contributed by atoms with van der Waals surface area (Å²) in [6, 6.07) is 2.91. The Morgan fingerprint density at radius 2 is 2.10 bits per heavy atom. The van der Waals surface area contributed by atoms with E-state index < -0.39 is 11.9 Å². The molecule has 0 fully saturated rings. The van der Waals surface area contributed by atoms with Crippen LogP contribution >= 0.6 is 0 Å². The first-order chi connectivity index (χ1) is 9.32. The fourth-order valence-electron chi connectivity index (χ4n) is 1.58. The monoisotopic (exact) mass is 285 g/mol. The van der Waals surface area contributed by atoms with Crippen LogP contribution in [0.1, 0.15) is 11.3 Å². The van der Waals surface area contributed by atoms with Crippen LogP contribution in [0.2, 0.25) is 0 Å². The summed E-state index contributed by atoms with van der Waals surface area (Å²) in [5, 5.41) is 11.3. The molecule has 0 amide bonds. The smallest absolute Gasteiger partial charge is 0.409 e. The molecule has 0 atom stereocenters. The standard InChI is InChI=1S/C11H10F3N5O/c1-19-5-8(11(12,13)14)17-10(19)7-3-2-6(4-16-7)9(15)18-20/h2-5,20H,1H3,(H2,15,18). The Kier molecular flexibility index (Phi) is 3.35. The van der Waals surface area contributed by atoms with Crippen molar-refractivity contribution in [3.8, 4) is 11.5 Å². The van der Waals surface area contributed by atoms with Gasteiger partial charge in [-0.25, -0.2) is 4.98 Å². The van der Waals surface area contributed by atoms with Crippen LogP contribution in [0.5, 0.6) is 0 Å². The Morgan fingerprint density at radius 3 is 2.55 bits per heavy atom. The zero-order valence-corrected chi connectivity index (χ0v) is 10.3. The van der Waals surface area contributed by atoms with E-state index >= 15 is 0 Å². The van der Waals surface area contributed by atoms with E-state index in [1.807, 2.05) is 0 Å². The second-order valence-corrected chi connectivity index (χ2v) is 3.98. The number of oxime groups is 1. The number of nitrogens with two attached hydrogens (primary N) is 1. The highest BCUT2D eigenvalue weighted by atomic mass is 19.4. The van der Waals surface area contributed by atoms with Crippen LogP contribution in [0.25, 0.3) is 11.5 Å². The van der Waals surface area contributed by atoms with E-state index in [2.05, 4.69) is 15.1 Å². The van der Waals surface area contributed by atoms with Crippen molar-refractivity contribution in [2.24, 2.45) is 17.9 Å². The molecule has 2 aromatic heterocycles. The van der Waals surface area contributed by atoms with Gasteiger partial charge in [-0.05, 0) is 12.1 Å². The third kappa shape index (κ3) is 2.56. The van der Waals surface area contributed by atoms with Gasteiger partial charge < -0.3 is 15.5 Å². The van der Waals surface area contributed by atoms with E-state index in [9.17, 15) is 13.2 Å². The molecule has 106 valence electrons. The molecule has 0 aliphatic carbocycles. The maximum Gasteiger partial charge on any atom is 0.434 e. The van der Waals surface area contributed by atoms with Gasteiger partial charge in [-0.2, -0.15) is 13.2 Å². The lowest BCUT2D eigenvalue weighted by Crippen LogP contribution is -2.13. The van der Waals surface area contributed by atoms with Gasteiger partial charge in [0.1, 0.15) is 5.69 Å². The highest BCUT2D eigenvalue weighted by Crippen LogP contribution is 2.30. The molecule has 2 aromatic rings. The summed E-state index contributed by atoms with van der Waals surface area (Å²) < 4.78 is 38.9. The molecule has 2 heterocycles. The molecule has 0 aliphatic heterocycles. The number of rotatable bonds is 2. The number of aromatic nitrogens is 3. The summed E-state index contributed by atoms with van der Waals surface area (Å²) in [5.41, 5.74) is 4.97. The van der Waals surface area contributed by atoms with E-state index in [1.54, 1.807) is 0 Å². The topological polar surface area (TPSA) is 89.3 Å². The molecule has 0 saturated carbocycles. The van der Waals surface area contributed by atoms with E-state index in [4.69, 9.17) is 10.9 Å². The Hall–Kier alpha value is -2.58. The van der Waals surface area contributed by atoms with E-state index in [0.29, 0.717) is 5.56 Å². The van der Waals surface area contributed by atoms with Crippen molar-refractivity contribution in [1.29, 1.82) is 0 Å². The van der Waals surface area contributed by atoms with E-state index in [-0.39, 0.29) is 17.4 Å². The predicted molar refractivity (Wildman–Crippen MR) is 64.0 cm³/mol. The molecule has 0 saturated heterocycles. The second kappa shape index (κ2) is 4.83. The molecule has 0 radical (unpaired) electrons. The van der Waals surface area contributed by atoms with Crippen LogP contribution in [-0.4, -0.2) is 25.6 Å². The number of aryl methyl sites for hydroxylation is 1. The lowest BCUT2D eigenvalue weighted by atomic mass is 10.2. The Morgan fingerprint density at radius 1 is 1.40 bits per heavy atom. The number of alkyl halides is 3. The van der Waals surface area contributed by atoms with Gasteiger partial charge >= 0.3 is 6.18 Å². The van der Waals surface area contributed by atoms with Crippen molar-refractivity contribution in [1.82, 2.24) is 14.5 Å². The van der Waals surface area contributed by atoms with Gasteiger partial charge in [0, 0.05) is 25.0 Å². The SMILES string of the molecule is Cn1cc(C(F)(F)F)nc1-c1ccc(/C(N)=N/O)cn1. The molecule has 2 rings (SSSR count). The van der Waals surface area contributed by atoms with Crippen LogP contribution in [0.4, 0.5) is 13.2 Å². The third-order valence-electron chi connectivity index (χ3n) is 2.56. The summed E-state index contributed by atoms with van der Waals surface area (Å²) in [5.74, 6) is -0.0664. The molecule has 0 bridgehead atoms. The minimum absolute atomic E-state index is 0.0726. The first-order valence-electron chi connectivity index (χ1n) is 5.38. The molecule has 0 aliphatic rings. The summed E-state index contributed by atoms with van der Waals surface area (Å²) in [4.78, 5) is 7.46. The summed E-state index contributed by atoms with van der Waals surface area (Å²) >= 11 is 0. The first kappa shape index (κ1) is 13.8. The van der Waals surface area contributed by atoms with Gasteiger partial charge in [-0.15, -0.1) is 0 Å². The van der Waals surface area contributed by atoms with Gasteiger partial charge in [-0.1, -0.05) is 5.16 Å². The van der Waals surface area contributed by atoms with E-state index in [1.165, 1.54) is 29.9 Å². The normalized spacial score (nSPS) is 12.7. The van der Waals surface area contributed by atoms with Crippen molar-refractivity contribution in [2.75, 3.05) is 0 Å². The Balaban J connectivity index is 2.40.